The number of hydrogen-bond acceptors (Lipinski definition) is 2. The Bertz CT molecular complexity index is 446. The fourth-order valence-corrected chi connectivity index (χ4v) is 2.00. The third-order valence-corrected chi connectivity index (χ3v) is 3.33. The summed E-state index contributed by atoms with van der Waals surface area (Å²) >= 11 is 3.30. The number of carboxylic acids is 1. The SMILES string of the molecule is CC(C)C(CC(=O)O)NC(=O)c1ccccc1Br. The summed E-state index contributed by atoms with van der Waals surface area (Å²) in [7, 11) is 0. The fourth-order valence-electron chi connectivity index (χ4n) is 1.53. The van der Waals surface area contributed by atoms with Crippen LogP contribution in [-0.2, 0) is 4.79 Å². The summed E-state index contributed by atoms with van der Waals surface area (Å²) in [6, 6.07) is 6.68. The topological polar surface area (TPSA) is 66.4 Å². The van der Waals surface area contributed by atoms with E-state index in [-0.39, 0.29) is 24.3 Å². The molecule has 0 aromatic heterocycles. The van der Waals surface area contributed by atoms with E-state index >= 15 is 0 Å². The molecule has 0 heterocycles. The Morgan fingerprint density at radius 3 is 2.44 bits per heavy atom. The van der Waals surface area contributed by atoms with Crippen molar-refractivity contribution >= 4 is 27.8 Å². The van der Waals surface area contributed by atoms with Gasteiger partial charge in [-0.3, -0.25) is 9.59 Å². The van der Waals surface area contributed by atoms with Gasteiger partial charge in [0, 0.05) is 10.5 Å². The molecule has 0 radical (unpaired) electrons. The predicted octanol–water partition coefficient (Wildman–Crippen LogP) is 2.68. The van der Waals surface area contributed by atoms with E-state index < -0.39 is 5.97 Å². The number of benzene rings is 1. The Morgan fingerprint density at radius 2 is 1.94 bits per heavy atom. The first kappa shape index (κ1) is 14.7. The molecule has 0 spiro atoms. The molecule has 1 aromatic rings. The van der Waals surface area contributed by atoms with Gasteiger partial charge >= 0.3 is 5.97 Å². The van der Waals surface area contributed by atoms with E-state index in [0.717, 1.165) is 0 Å². The Balaban J connectivity index is 2.79. The smallest absolute Gasteiger partial charge is 0.305 e. The van der Waals surface area contributed by atoms with Crippen LogP contribution >= 0.6 is 15.9 Å². The van der Waals surface area contributed by atoms with Gasteiger partial charge in [0.1, 0.15) is 0 Å². The van der Waals surface area contributed by atoms with Gasteiger partial charge in [-0.2, -0.15) is 0 Å². The molecule has 2 N–H and O–H groups in total. The van der Waals surface area contributed by atoms with Gasteiger partial charge in [-0.05, 0) is 34.0 Å². The predicted molar refractivity (Wildman–Crippen MR) is 72.5 cm³/mol. The van der Waals surface area contributed by atoms with Crippen LogP contribution < -0.4 is 5.32 Å². The number of rotatable bonds is 5. The highest BCUT2D eigenvalue weighted by molar-refractivity contribution is 9.10. The van der Waals surface area contributed by atoms with Gasteiger partial charge in [0.25, 0.3) is 5.91 Å². The number of halogens is 1. The minimum atomic E-state index is -0.916. The number of hydrogen-bond donors (Lipinski definition) is 2. The average molecular weight is 314 g/mol. The normalized spacial score (nSPS) is 12.2. The number of nitrogens with one attached hydrogen (secondary N) is 1. The van der Waals surface area contributed by atoms with Crippen LogP contribution in [0.4, 0.5) is 0 Å². The molecule has 4 nitrogen and oxygen atoms in total. The molecule has 1 unspecified atom stereocenters. The summed E-state index contributed by atoms with van der Waals surface area (Å²) < 4.78 is 0.695. The van der Waals surface area contributed by atoms with Crippen molar-refractivity contribution in [3.63, 3.8) is 0 Å². The second-order valence-electron chi connectivity index (χ2n) is 4.40. The van der Waals surface area contributed by atoms with Crippen LogP contribution in [0.15, 0.2) is 28.7 Å². The van der Waals surface area contributed by atoms with Crippen LogP contribution in [-0.4, -0.2) is 23.0 Å². The lowest BCUT2D eigenvalue weighted by Gasteiger charge is -2.20. The van der Waals surface area contributed by atoms with Gasteiger partial charge in [-0.15, -0.1) is 0 Å². The van der Waals surface area contributed by atoms with Crippen molar-refractivity contribution in [2.75, 3.05) is 0 Å². The van der Waals surface area contributed by atoms with Gasteiger partial charge in [0.15, 0.2) is 0 Å². The maximum atomic E-state index is 12.0. The van der Waals surface area contributed by atoms with Gasteiger partial charge in [0.05, 0.1) is 12.0 Å². The van der Waals surface area contributed by atoms with Crippen LogP contribution in [0.2, 0.25) is 0 Å². The Labute approximate surface area is 115 Å². The summed E-state index contributed by atoms with van der Waals surface area (Å²) in [5.74, 6) is -1.11. The highest BCUT2D eigenvalue weighted by Crippen LogP contribution is 2.16. The number of carbonyl (C=O) groups excluding carboxylic acids is 1. The molecule has 0 aliphatic carbocycles. The lowest BCUT2D eigenvalue weighted by Crippen LogP contribution is -2.40. The minimum Gasteiger partial charge on any atom is -0.481 e. The van der Waals surface area contributed by atoms with Crippen molar-refractivity contribution in [2.24, 2.45) is 5.92 Å². The standard InChI is InChI=1S/C13H16BrNO3/c1-8(2)11(7-12(16)17)15-13(18)9-5-3-4-6-10(9)14/h3-6,8,11H,7H2,1-2H3,(H,15,18)(H,16,17). The number of carbonyl (C=O) groups is 2. The molecular formula is C13H16BrNO3. The van der Waals surface area contributed by atoms with Crippen molar-refractivity contribution < 1.29 is 14.7 Å². The average Bonchev–Trinajstić information content (AvgIpc) is 2.27. The fraction of sp³-hybridized carbons (Fsp3) is 0.385. The lowest BCUT2D eigenvalue weighted by atomic mass is 10.0. The third-order valence-electron chi connectivity index (χ3n) is 2.63. The van der Waals surface area contributed by atoms with E-state index in [1.807, 2.05) is 19.9 Å². The molecular weight excluding hydrogens is 298 g/mol. The second kappa shape index (κ2) is 6.54. The maximum Gasteiger partial charge on any atom is 0.305 e. The number of carboxylic acid groups (broad SMARTS) is 1. The molecule has 1 aromatic carbocycles. The first-order valence-corrected chi connectivity index (χ1v) is 6.48. The first-order valence-electron chi connectivity index (χ1n) is 5.69. The lowest BCUT2D eigenvalue weighted by molar-refractivity contribution is -0.137. The van der Waals surface area contributed by atoms with Crippen molar-refractivity contribution in [2.45, 2.75) is 26.3 Å². The highest BCUT2D eigenvalue weighted by atomic mass is 79.9. The summed E-state index contributed by atoms with van der Waals surface area (Å²) in [6.07, 6.45) is -0.0755. The molecule has 1 amide bonds. The van der Waals surface area contributed by atoms with E-state index in [1.54, 1.807) is 18.2 Å². The summed E-state index contributed by atoms with van der Waals surface area (Å²) in [5, 5.41) is 11.6. The molecule has 0 saturated heterocycles. The number of amides is 1. The summed E-state index contributed by atoms with van der Waals surface area (Å²) in [6.45, 7) is 3.77. The largest absolute Gasteiger partial charge is 0.481 e. The van der Waals surface area contributed by atoms with E-state index in [1.165, 1.54) is 0 Å². The minimum absolute atomic E-state index is 0.0625. The molecule has 1 rings (SSSR count). The quantitative estimate of drug-likeness (QED) is 0.878. The third kappa shape index (κ3) is 4.14. The van der Waals surface area contributed by atoms with Crippen LogP contribution in [0.3, 0.4) is 0 Å². The molecule has 0 saturated carbocycles. The zero-order valence-corrected chi connectivity index (χ0v) is 11.9. The van der Waals surface area contributed by atoms with Crippen LogP contribution in [0.5, 0.6) is 0 Å². The van der Waals surface area contributed by atoms with Crippen molar-refractivity contribution in [1.29, 1.82) is 0 Å². The molecule has 5 heteroatoms. The van der Waals surface area contributed by atoms with E-state index in [0.29, 0.717) is 10.0 Å². The van der Waals surface area contributed by atoms with E-state index in [9.17, 15) is 9.59 Å². The van der Waals surface area contributed by atoms with E-state index in [2.05, 4.69) is 21.2 Å². The molecule has 1 atom stereocenters. The van der Waals surface area contributed by atoms with Gasteiger partial charge < -0.3 is 10.4 Å². The van der Waals surface area contributed by atoms with Crippen molar-refractivity contribution in [1.82, 2.24) is 5.32 Å². The zero-order valence-electron chi connectivity index (χ0n) is 10.3. The maximum absolute atomic E-state index is 12.0. The second-order valence-corrected chi connectivity index (χ2v) is 5.26. The number of aliphatic carboxylic acids is 1. The van der Waals surface area contributed by atoms with Crippen LogP contribution in [0.25, 0.3) is 0 Å². The van der Waals surface area contributed by atoms with Crippen LogP contribution in [0, 0.1) is 5.92 Å². The van der Waals surface area contributed by atoms with Crippen molar-refractivity contribution in [3.8, 4) is 0 Å². The molecule has 0 bridgehead atoms. The first-order chi connectivity index (χ1) is 8.41. The van der Waals surface area contributed by atoms with Gasteiger partial charge in [-0.25, -0.2) is 0 Å². The van der Waals surface area contributed by atoms with Gasteiger partial charge in [0.2, 0.25) is 0 Å². The highest BCUT2D eigenvalue weighted by Gasteiger charge is 2.20. The van der Waals surface area contributed by atoms with Gasteiger partial charge in [-0.1, -0.05) is 26.0 Å². The molecule has 18 heavy (non-hydrogen) atoms. The van der Waals surface area contributed by atoms with Crippen molar-refractivity contribution in [3.05, 3.63) is 34.3 Å². The Hall–Kier alpha value is -1.36. The molecule has 0 aliphatic rings. The molecule has 98 valence electrons. The van der Waals surface area contributed by atoms with E-state index in [4.69, 9.17) is 5.11 Å². The van der Waals surface area contributed by atoms with Crippen LogP contribution in [0.1, 0.15) is 30.6 Å². The molecule has 0 aliphatic heterocycles. The Morgan fingerprint density at radius 1 is 1.33 bits per heavy atom. The monoisotopic (exact) mass is 313 g/mol. The summed E-state index contributed by atoms with van der Waals surface area (Å²) in [4.78, 5) is 22.8. The Kier molecular flexibility index (Phi) is 5.34. The summed E-state index contributed by atoms with van der Waals surface area (Å²) in [5.41, 5.74) is 0.508. The molecule has 0 fully saturated rings. The zero-order chi connectivity index (χ0) is 13.7.